The van der Waals surface area contributed by atoms with Crippen LogP contribution in [0, 0.1) is 0 Å². The van der Waals surface area contributed by atoms with Crippen molar-refractivity contribution in [3.63, 3.8) is 0 Å². The number of oxazole rings is 1. The number of aliphatic imine (C=N–C) groups is 1. The zero-order chi connectivity index (χ0) is 29.5. The van der Waals surface area contributed by atoms with Gasteiger partial charge in [-0.25, -0.2) is 19.9 Å². The Hall–Kier alpha value is -5.93. The van der Waals surface area contributed by atoms with Crippen molar-refractivity contribution in [2.24, 2.45) is 4.99 Å². The number of benzene rings is 4. The van der Waals surface area contributed by atoms with Gasteiger partial charge in [0.15, 0.2) is 10.6 Å². The molecule has 0 unspecified atom stereocenters. The smallest absolute Gasteiger partial charge is 0.256 e. The number of fused-ring (bicyclic) bond motifs is 5. The highest BCUT2D eigenvalue weighted by Crippen LogP contribution is 2.44. The molecule has 9 heteroatoms. The molecule has 10 rings (SSSR count). The normalized spacial score (nSPS) is 12.9. The van der Waals surface area contributed by atoms with Gasteiger partial charge in [-0.1, -0.05) is 48.5 Å². The molecule has 0 saturated heterocycles. The number of pyridine rings is 1. The monoisotopic (exact) mass is 599 g/mol. The van der Waals surface area contributed by atoms with Crippen LogP contribution in [0.2, 0.25) is 0 Å². The second-order valence-corrected chi connectivity index (χ2v) is 12.1. The fraction of sp³-hybridized carbons (Fsp3) is 0.0278. The highest BCUT2D eigenvalue weighted by molar-refractivity contribution is 7.21. The molecule has 0 amide bonds. The van der Waals surface area contributed by atoms with E-state index in [0.717, 1.165) is 71.5 Å². The maximum atomic E-state index is 6.56. The summed E-state index contributed by atoms with van der Waals surface area (Å²) in [5, 5.41) is 0.728. The van der Waals surface area contributed by atoms with Crippen LogP contribution in [-0.4, -0.2) is 35.0 Å². The van der Waals surface area contributed by atoms with E-state index < -0.39 is 0 Å². The van der Waals surface area contributed by atoms with Crippen LogP contribution in [0.5, 0.6) is 0 Å². The molecule has 8 nitrogen and oxygen atoms in total. The third-order valence-electron chi connectivity index (χ3n) is 8.32. The van der Waals surface area contributed by atoms with Gasteiger partial charge in [0.05, 0.1) is 38.3 Å². The van der Waals surface area contributed by atoms with Crippen LogP contribution >= 0.6 is 11.3 Å². The number of thiazole rings is 1. The molecule has 9 aromatic rings. The number of para-hydroxylation sites is 4. The maximum Gasteiger partial charge on any atom is 0.256 e. The summed E-state index contributed by atoms with van der Waals surface area (Å²) < 4.78 is 9.67. The first-order valence-corrected chi connectivity index (χ1v) is 15.5. The molecule has 6 heterocycles. The molecule has 0 radical (unpaired) electrons. The molecule has 1 N–H and O–H groups in total. The molecule has 1 aliphatic rings. The molecule has 0 atom stereocenters. The molecule has 45 heavy (non-hydrogen) atoms. The molecule has 0 aliphatic carbocycles. The van der Waals surface area contributed by atoms with E-state index >= 15 is 0 Å². The Bertz CT molecular complexity index is 2560. The zero-order valence-electron chi connectivity index (χ0n) is 23.6. The van der Waals surface area contributed by atoms with E-state index in [2.05, 4.69) is 35.3 Å². The number of H-pyrrole nitrogens is 1. The van der Waals surface area contributed by atoms with Gasteiger partial charge in [-0.2, -0.15) is 0 Å². The van der Waals surface area contributed by atoms with Crippen molar-refractivity contribution >= 4 is 60.7 Å². The fourth-order valence-corrected chi connectivity index (χ4v) is 7.15. The number of rotatable bonds is 4. The average molecular weight is 600 g/mol. The van der Waals surface area contributed by atoms with Gasteiger partial charge in [-0.15, -0.1) is 11.3 Å². The molecule has 0 saturated carbocycles. The highest BCUT2D eigenvalue weighted by Gasteiger charge is 2.29. The molecule has 0 fully saturated rings. The Balaban J connectivity index is 1.31. The minimum absolute atomic E-state index is 0.473. The molecule has 4 aromatic carbocycles. The molecule has 1 aliphatic heterocycles. The molecule has 212 valence electrons. The summed E-state index contributed by atoms with van der Waals surface area (Å²) >= 11 is 1.57. The van der Waals surface area contributed by atoms with Crippen molar-refractivity contribution < 1.29 is 4.42 Å². The van der Waals surface area contributed by atoms with Crippen molar-refractivity contribution in [3.8, 4) is 33.5 Å². The van der Waals surface area contributed by atoms with Crippen LogP contribution in [0.3, 0.4) is 0 Å². The minimum atomic E-state index is 0.473. The van der Waals surface area contributed by atoms with E-state index in [1.165, 1.54) is 5.56 Å². The summed E-state index contributed by atoms with van der Waals surface area (Å²) in [6.45, 7) is 0. The standard InChI is InChI=1S/C36H21N7OS/c1-2-10-22-20(9-1)17-26(37-22)21-18-28-33(42-35(44-28)36-41-25-13-5-6-14-29(25)45-36)32(27-19-43-16-8-7-15-30(43)38-27)31(21)34-39-23-11-3-4-12-24(23)40-34/h1-16,18-19H,17H2,(H,39,40). The van der Waals surface area contributed by atoms with Crippen LogP contribution in [0.15, 0.2) is 119 Å². The first-order valence-electron chi connectivity index (χ1n) is 14.6. The lowest BCUT2D eigenvalue weighted by atomic mass is 9.92. The van der Waals surface area contributed by atoms with Crippen molar-refractivity contribution in [1.82, 2.24) is 29.3 Å². The second kappa shape index (κ2) is 9.28. The minimum Gasteiger partial charge on any atom is -0.434 e. The summed E-state index contributed by atoms with van der Waals surface area (Å²) in [5.74, 6) is 1.20. The van der Waals surface area contributed by atoms with E-state index in [0.29, 0.717) is 23.4 Å². The third kappa shape index (κ3) is 3.81. The number of hydrogen-bond donors (Lipinski definition) is 1. The van der Waals surface area contributed by atoms with Crippen LogP contribution in [0.25, 0.3) is 71.5 Å². The first kappa shape index (κ1) is 24.5. The van der Waals surface area contributed by atoms with Gasteiger partial charge in [-0.05, 0) is 54.1 Å². The molecule has 0 spiro atoms. The fourth-order valence-electron chi connectivity index (χ4n) is 6.26. The summed E-state index contributed by atoms with van der Waals surface area (Å²) in [6, 6.07) is 32.5. The van der Waals surface area contributed by atoms with E-state index in [-0.39, 0.29) is 0 Å². The molecular weight excluding hydrogens is 579 g/mol. The van der Waals surface area contributed by atoms with Gasteiger partial charge in [0.1, 0.15) is 17.0 Å². The van der Waals surface area contributed by atoms with Crippen molar-refractivity contribution in [1.29, 1.82) is 0 Å². The summed E-state index contributed by atoms with van der Waals surface area (Å²) in [7, 11) is 0. The van der Waals surface area contributed by atoms with E-state index in [4.69, 9.17) is 29.3 Å². The Morgan fingerprint density at radius 1 is 0.778 bits per heavy atom. The maximum absolute atomic E-state index is 6.56. The quantitative estimate of drug-likeness (QED) is 0.218. The number of aromatic amines is 1. The number of nitrogens with zero attached hydrogens (tertiary/aromatic N) is 6. The Morgan fingerprint density at radius 3 is 2.51 bits per heavy atom. The summed E-state index contributed by atoms with van der Waals surface area (Å²) in [4.78, 5) is 28.9. The summed E-state index contributed by atoms with van der Waals surface area (Å²) in [5.41, 5.74) is 11.4. The zero-order valence-corrected chi connectivity index (χ0v) is 24.4. The SMILES string of the molecule is c1ccc2c(c1)CC(c1cc3oc(-c4nc5ccccc5s4)nc3c(-c3cn4ccccc4n3)c1-c1nc3ccccc3[nH]1)=N2. The van der Waals surface area contributed by atoms with Crippen LogP contribution in [-0.2, 0) is 6.42 Å². The first-order chi connectivity index (χ1) is 22.2. The highest BCUT2D eigenvalue weighted by atomic mass is 32.1. The second-order valence-electron chi connectivity index (χ2n) is 11.1. The summed E-state index contributed by atoms with van der Waals surface area (Å²) in [6.07, 6.45) is 4.73. The molecule has 5 aromatic heterocycles. The van der Waals surface area contributed by atoms with Gasteiger partial charge in [0.2, 0.25) is 0 Å². The Morgan fingerprint density at radius 2 is 1.62 bits per heavy atom. The van der Waals surface area contributed by atoms with Gasteiger partial charge < -0.3 is 13.8 Å². The van der Waals surface area contributed by atoms with E-state index in [1.54, 1.807) is 11.3 Å². The van der Waals surface area contributed by atoms with Crippen molar-refractivity contribution in [2.45, 2.75) is 6.42 Å². The van der Waals surface area contributed by atoms with Crippen molar-refractivity contribution in [3.05, 3.63) is 121 Å². The number of nitrogens with one attached hydrogen (secondary N) is 1. The predicted octanol–water partition coefficient (Wildman–Crippen LogP) is 8.64. The topological polar surface area (TPSA) is 97.3 Å². The lowest BCUT2D eigenvalue weighted by molar-refractivity contribution is 0.619. The number of aromatic nitrogens is 6. The van der Waals surface area contributed by atoms with E-state index in [9.17, 15) is 0 Å². The largest absolute Gasteiger partial charge is 0.434 e. The lowest BCUT2D eigenvalue weighted by Gasteiger charge is -2.13. The van der Waals surface area contributed by atoms with Gasteiger partial charge >= 0.3 is 0 Å². The Labute approximate surface area is 259 Å². The Kier molecular flexibility index (Phi) is 5.06. The van der Waals surface area contributed by atoms with E-state index in [1.807, 2.05) is 83.5 Å². The van der Waals surface area contributed by atoms with Crippen LogP contribution in [0.1, 0.15) is 11.1 Å². The molecular formula is C36H21N7OS. The average Bonchev–Trinajstić information content (AvgIpc) is 3.90. The molecule has 0 bridgehead atoms. The third-order valence-corrected chi connectivity index (χ3v) is 9.35. The van der Waals surface area contributed by atoms with Crippen molar-refractivity contribution in [2.75, 3.05) is 0 Å². The van der Waals surface area contributed by atoms with Gasteiger partial charge in [0, 0.05) is 35.5 Å². The number of hydrogen-bond acceptors (Lipinski definition) is 7. The van der Waals surface area contributed by atoms with Gasteiger partial charge in [0.25, 0.3) is 5.89 Å². The lowest BCUT2D eigenvalue weighted by Crippen LogP contribution is -2.06. The number of imidazole rings is 2. The van der Waals surface area contributed by atoms with Crippen LogP contribution < -0.4 is 0 Å². The van der Waals surface area contributed by atoms with Crippen LogP contribution in [0.4, 0.5) is 5.69 Å². The van der Waals surface area contributed by atoms with Gasteiger partial charge in [-0.3, -0.25) is 4.99 Å². The predicted molar refractivity (Wildman–Crippen MR) is 178 cm³/mol.